The third-order valence-corrected chi connectivity index (χ3v) is 4.90. The van der Waals surface area contributed by atoms with Crippen molar-refractivity contribution in [2.24, 2.45) is 0 Å². The minimum atomic E-state index is -0.445. The summed E-state index contributed by atoms with van der Waals surface area (Å²) in [7, 11) is 0. The van der Waals surface area contributed by atoms with Crippen LogP contribution in [0.3, 0.4) is 0 Å². The molecule has 1 amide bonds. The van der Waals surface area contributed by atoms with Gasteiger partial charge in [-0.2, -0.15) is 0 Å². The highest BCUT2D eigenvalue weighted by Gasteiger charge is 2.31. The first-order valence-electron chi connectivity index (χ1n) is 7.24. The highest BCUT2D eigenvalue weighted by Crippen LogP contribution is 2.31. The van der Waals surface area contributed by atoms with Gasteiger partial charge in [0, 0.05) is 38.1 Å². The first-order valence-corrected chi connectivity index (χ1v) is 8.06. The molecule has 0 aromatic carbocycles. The van der Waals surface area contributed by atoms with Crippen molar-refractivity contribution in [3.8, 4) is 0 Å². The van der Waals surface area contributed by atoms with Crippen LogP contribution in [0.2, 0.25) is 0 Å². The second-order valence-corrected chi connectivity index (χ2v) is 6.57. The number of carbonyl (C=O) groups is 1. The lowest BCUT2D eigenvalue weighted by atomic mass is 10.1. The van der Waals surface area contributed by atoms with Gasteiger partial charge < -0.3 is 10.2 Å². The van der Waals surface area contributed by atoms with E-state index in [0.29, 0.717) is 29.4 Å². The molecular weight excluding hydrogens is 316 g/mol. The van der Waals surface area contributed by atoms with Crippen molar-refractivity contribution < 1.29 is 9.72 Å². The average Bonchev–Trinajstić information content (AvgIpc) is 2.97. The summed E-state index contributed by atoms with van der Waals surface area (Å²) in [6.07, 6.45) is 3.44. The van der Waals surface area contributed by atoms with E-state index in [1.54, 1.807) is 24.2 Å². The Hall–Kier alpha value is -2.32. The second kappa shape index (κ2) is 6.43. The maximum atomic E-state index is 12.8. The molecule has 1 atom stereocenters. The number of aryl methyl sites for hydroxylation is 1. The quantitative estimate of drug-likeness (QED) is 0.687. The Balaban J connectivity index is 1.90. The Kier molecular flexibility index (Phi) is 4.35. The van der Waals surface area contributed by atoms with Crippen LogP contribution in [0.15, 0.2) is 30.6 Å². The fourth-order valence-electron chi connectivity index (χ4n) is 2.72. The molecule has 2 aromatic heterocycles. The Bertz CT molecular complexity index is 732. The lowest BCUT2D eigenvalue weighted by molar-refractivity contribution is -0.385. The van der Waals surface area contributed by atoms with Crippen molar-refractivity contribution in [3.63, 3.8) is 0 Å². The monoisotopic (exact) mass is 332 g/mol. The van der Waals surface area contributed by atoms with Gasteiger partial charge >= 0.3 is 0 Å². The molecule has 3 rings (SSSR count). The maximum absolute atomic E-state index is 12.8. The highest BCUT2D eigenvalue weighted by molar-refractivity contribution is 7.14. The van der Waals surface area contributed by atoms with Gasteiger partial charge in [0.25, 0.3) is 11.6 Å². The number of carbonyl (C=O) groups excluding carboxylic acids is 1. The number of piperazine rings is 1. The van der Waals surface area contributed by atoms with Crippen molar-refractivity contribution in [3.05, 3.63) is 56.0 Å². The van der Waals surface area contributed by atoms with E-state index in [2.05, 4.69) is 10.3 Å². The molecule has 1 saturated heterocycles. The predicted octanol–water partition coefficient (Wildman–Crippen LogP) is 2.15. The number of amides is 1. The number of thiophene rings is 1. The Labute approximate surface area is 137 Å². The lowest BCUT2D eigenvalue weighted by Gasteiger charge is -2.36. The lowest BCUT2D eigenvalue weighted by Crippen LogP contribution is -2.48. The molecule has 1 aliphatic heterocycles. The standard InChI is InChI=1S/C15H16N4O3S/c1-10-12(19(21)22)7-14(23-10)15(20)18-6-5-17-9-13(18)11-3-2-4-16-8-11/h2-4,7-8,13,17H,5-6,9H2,1H3. The summed E-state index contributed by atoms with van der Waals surface area (Å²) in [5.41, 5.74) is 0.960. The maximum Gasteiger partial charge on any atom is 0.283 e. The molecule has 7 nitrogen and oxygen atoms in total. The Morgan fingerprint density at radius 3 is 3.04 bits per heavy atom. The molecule has 3 heterocycles. The number of pyridine rings is 1. The van der Waals surface area contributed by atoms with Crippen LogP contribution in [0.25, 0.3) is 0 Å². The zero-order valence-electron chi connectivity index (χ0n) is 12.6. The van der Waals surface area contributed by atoms with E-state index in [0.717, 1.165) is 5.56 Å². The molecule has 0 saturated carbocycles. The topological polar surface area (TPSA) is 88.4 Å². The molecule has 1 aliphatic rings. The Morgan fingerprint density at radius 2 is 2.39 bits per heavy atom. The number of hydrogen-bond acceptors (Lipinski definition) is 6. The van der Waals surface area contributed by atoms with Crippen LogP contribution >= 0.6 is 11.3 Å². The predicted molar refractivity (Wildman–Crippen MR) is 86.6 cm³/mol. The van der Waals surface area contributed by atoms with Crippen molar-refractivity contribution in [2.75, 3.05) is 19.6 Å². The fraction of sp³-hybridized carbons (Fsp3) is 0.333. The van der Waals surface area contributed by atoms with Gasteiger partial charge in [0.15, 0.2) is 0 Å². The number of rotatable bonds is 3. The molecule has 0 aliphatic carbocycles. The van der Waals surface area contributed by atoms with E-state index in [9.17, 15) is 14.9 Å². The molecule has 1 unspecified atom stereocenters. The van der Waals surface area contributed by atoms with Gasteiger partial charge in [0.2, 0.25) is 0 Å². The first kappa shape index (κ1) is 15.6. The number of nitro groups is 1. The van der Waals surface area contributed by atoms with Crippen LogP contribution < -0.4 is 5.32 Å². The molecular formula is C15H16N4O3S. The van der Waals surface area contributed by atoms with Gasteiger partial charge in [-0.15, -0.1) is 11.3 Å². The average molecular weight is 332 g/mol. The fourth-order valence-corrected chi connectivity index (χ4v) is 3.66. The molecule has 120 valence electrons. The van der Waals surface area contributed by atoms with E-state index < -0.39 is 4.92 Å². The molecule has 0 radical (unpaired) electrons. The van der Waals surface area contributed by atoms with Crippen molar-refractivity contribution in [1.82, 2.24) is 15.2 Å². The van der Waals surface area contributed by atoms with E-state index >= 15 is 0 Å². The number of hydrogen-bond donors (Lipinski definition) is 1. The summed E-state index contributed by atoms with van der Waals surface area (Å²) in [6, 6.07) is 5.04. The van der Waals surface area contributed by atoms with Gasteiger partial charge in [-0.25, -0.2) is 0 Å². The molecule has 23 heavy (non-hydrogen) atoms. The summed E-state index contributed by atoms with van der Waals surface area (Å²) >= 11 is 1.17. The zero-order valence-corrected chi connectivity index (χ0v) is 13.4. The summed E-state index contributed by atoms with van der Waals surface area (Å²) in [5.74, 6) is -0.165. The van der Waals surface area contributed by atoms with Crippen LogP contribution in [0, 0.1) is 17.0 Å². The van der Waals surface area contributed by atoms with Crippen LogP contribution in [-0.2, 0) is 0 Å². The van der Waals surface area contributed by atoms with Crippen molar-refractivity contribution >= 4 is 22.9 Å². The van der Waals surface area contributed by atoms with Crippen LogP contribution in [-0.4, -0.2) is 40.3 Å². The van der Waals surface area contributed by atoms with E-state index in [1.807, 2.05) is 12.1 Å². The van der Waals surface area contributed by atoms with Crippen molar-refractivity contribution in [1.29, 1.82) is 0 Å². The molecule has 8 heteroatoms. The smallest absolute Gasteiger partial charge is 0.283 e. The zero-order chi connectivity index (χ0) is 16.4. The third kappa shape index (κ3) is 3.08. The first-order chi connectivity index (χ1) is 11.1. The van der Waals surface area contributed by atoms with Gasteiger partial charge in [-0.1, -0.05) is 6.07 Å². The molecule has 1 fully saturated rings. The van der Waals surface area contributed by atoms with Gasteiger partial charge in [0.1, 0.15) is 0 Å². The van der Waals surface area contributed by atoms with E-state index in [1.165, 1.54) is 17.4 Å². The van der Waals surface area contributed by atoms with E-state index in [4.69, 9.17) is 0 Å². The summed E-state index contributed by atoms with van der Waals surface area (Å²) in [6.45, 7) is 3.57. The Morgan fingerprint density at radius 1 is 1.57 bits per heavy atom. The summed E-state index contributed by atoms with van der Waals surface area (Å²) < 4.78 is 0. The number of aromatic nitrogens is 1. The third-order valence-electron chi connectivity index (χ3n) is 3.87. The minimum absolute atomic E-state index is 0.00594. The van der Waals surface area contributed by atoms with E-state index in [-0.39, 0.29) is 17.6 Å². The second-order valence-electron chi connectivity index (χ2n) is 5.31. The molecule has 0 bridgehead atoms. The highest BCUT2D eigenvalue weighted by atomic mass is 32.1. The van der Waals surface area contributed by atoms with Gasteiger partial charge in [0.05, 0.1) is 20.7 Å². The summed E-state index contributed by atoms with van der Waals surface area (Å²) in [5, 5.41) is 14.3. The van der Waals surface area contributed by atoms with Crippen LogP contribution in [0.5, 0.6) is 0 Å². The number of nitrogens with zero attached hydrogens (tertiary/aromatic N) is 3. The van der Waals surface area contributed by atoms with Crippen LogP contribution in [0.4, 0.5) is 5.69 Å². The van der Waals surface area contributed by atoms with Crippen LogP contribution in [0.1, 0.15) is 26.2 Å². The van der Waals surface area contributed by atoms with Crippen molar-refractivity contribution in [2.45, 2.75) is 13.0 Å². The van der Waals surface area contributed by atoms with Gasteiger partial charge in [-0.05, 0) is 18.6 Å². The molecule has 2 aromatic rings. The largest absolute Gasteiger partial charge is 0.328 e. The normalized spacial score (nSPS) is 18.0. The number of nitrogens with one attached hydrogen (secondary N) is 1. The molecule has 1 N–H and O–H groups in total. The SMILES string of the molecule is Cc1sc(C(=O)N2CCNCC2c2cccnc2)cc1[N+](=O)[O-]. The summed E-state index contributed by atoms with van der Waals surface area (Å²) in [4.78, 5) is 30.2. The molecule has 0 spiro atoms. The van der Waals surface area contributed by atoms with Gasteiger partial charge in [-0.3, -0.25) is 19.9 Å². The minimum Gasteiger partial charge on any atom is -0.328 e.